The second-order valence-corrected chi connectivity index (χ2v) is 8.36. The number of nitrogens with zero attached hydrogens (tertiary/aromatic N) is 3. The fourth-order valence-corrected chi connectivity index (χ4v) is 4.54. The molecule has 2 saturated heterocycles. The van der Waals surface area contributed by atoms with E-state index in [1.165, 1.54) is 17.2 Å². The molecular formula is C26H23N3O6. The summed E-state index contributed by atoms with van der Waals surface area (Å²) in [5.74, 6) is -1.02. The van der Waals surface area contributed by atoms with Crippen LogP contribution in [0.4, 0.5) is 17.1 Å². The molecule has 0 saturated carbocycles. The van der Waals surface area contributed by atoms with Crippen LogP contribution in [0.25, 0.3) is 0 Å². The van der Waals surface area contributed by atoms with Crippen molar-refractivity contribution in [2.75, 3.05) is 16.6 Å². The molecule has 0 aliphatic carbocycles. The van der Waals surface area contributed by atoms with Crippen LogP contribution in [-0.4, -0.2) is 29.4 Å². The zero-order valence-electron chi connectivity index (χ0n) is 18.9. The summed E-state index contributed by atoms with van der Waals surface area (Å²) < 4.78 is 5.60. The number of carbonyl (C=O) groups is 2. The lowest BCUT2D eigenvalue weighted by molar-refractivity contribution is -0.384. The van der Waals surface area contributed by atoms with Gasteiger partial charge in [-0.05, 0) is 42.3 Å². The average Bonchev–Trinajstić information content (AvgIpc) is 3.39. The van der Waals surface area contributed by atoms with Crippen LogP contribution in [0.1, 0.15) is 24.9 Å². The van der Waals surface area contributed by atoms with Gasteiger partial charge >= 0.3 is 0 Å². The van der Waals surface area contributed by atoms with Crippen LogP contribution in [-0.2, 0) is 14.4 Å². The van der Waals surface area contributed by atoms with Crippen LogP contribution in [0.15, 0.2) is 78.9 Å². The molecule has 2 amide bonds. The zero-order chi connectivity index (χ0) is 24.5. The molecule has 0 unspecified atom stereocenters. The van der Waals surface area contributed by atoms with Crippen molar-refractivity contribution in [3.63, 3.8) is 0 Å². The van der Waals surface area contributed by atoms with E-state index < -0.39 is 28.9 Å². The highest BCUT2D eigenvalue weighted by molar-refractivity contribution is 6.23. The molecule has 2 heterocycles. The highest BCUT2D eigenvalue weighted by Crippen LogP contribution is 2.48. The Hall–Kier alpha value is -4.24. The molecule has 35 heavy (non-hydrogen) atoms. The third kappa shape index (κ3) is 4.00. The Morgan fingerprint density at radius 3 is 2.37 bits per heavy atom. The highest BCUT2D eigenvalue weighted by atomic mass is 16.7. The van der Waals surface area contributed by atoms with E-state index in [2.05, 4.69) is 0 Å². The number of hydrogen-bond acceptors (Lipinski definition) is 7. The number of hydroxylamine groups is 1. The number of benzene rings is 3. The molecule has 9 heteroatoms. The van der Waals surface area contributed by atoms with Crippen molar-refractivity contribution in [1.29, 1.82) is 0 Å². The molecule has 0 spiro atoms. The van der Waals surface area contributed by atoms with Crippen LogP contribution >= 0.6 is 0 Å². The van der Waals surface area contributed by atoms with Crippen molar-refractivity contribution in [2.45, 2.75) is 25.5 Å². The molecule has 2 fully saturated rings. The van der Waals surface area contributed by atoms with Gasteiger partial charge in [0.15, 0.2) is 6.10 Å². The van der Waals surface area contributed by atoms with Crippen molar-refractivity contribution in [3.8, 4) is 5.75 Å². The average molecular weight is 473 g/mol. The van der Waals surface area contributed by atoms with E-state index >= 15 is 0 Å². The summed E-state index contributed by atoms with van der Waals surface area (Å²) in [7, 11) is 0. The summed E-state index contributed by atoms with van der Waals surface area (Å²) in [5.41, 5.74) is 1.49. The highest BCUT2D eigenvalue weighted by Gasteiger charge is 2.60. The van der Waals surface area contributed by atoms with E-state index in [0.717, 1.165) is 16.9 Å². The number of hydrogen-bond donors (Lipinski definition) is 0. The molecule has 9 nitrogen and oxygen atoms in total. The number of non-ortho nitro benzene ring substituents is 1. The van der Waals surface area contributed by atoms with Crippen molar-refractivity contribution >= 4 is 28.9 Å². The predicted octanol–water partition coefficient (Wildman–Crippen LogP) is 4.43. The summed E-state index contributed by atoms with van der Waals surface area (Å²) in [5, 5.41) is 12.8. The van der Waals surface area contributed by atoms with Gasteiger partial charge in [0.1, 0.15) is 11.7 Å². The van der Waals surface area contributed by atoms with Crippen LogP contribution in [0.3, 0.4) is 0 Å². The number of ether oxygens (including phenoxy) is 1. The standard InChI is InChI=1S/C26H23N3O6/c1-2-15-34-21-13-11-18(12-14-21)27-25(30)22-23(17-7-4-3-5-8-17)28(35-24(22)26(27)31)19-9-6-10-20(16-19)29(32)33/h3-14,16,22-24H,2,15H2,1H3/t22-,23+,24+/m0/s1. The Morgan fingerprint density at radius 2 is 1.69 bits per heavy atom. The van der Waals surface area contributed by atoms with Gasteiger partial charge in [0.2, 0.25) is 5.91 Å². The number of amides is 2. The van der Waals surface area contributed by atoms with Crippen LogP contribution in [0, 0.1) is 16.0 Å². The fraction of sp³-hybridized carbons (Fsp3) is 0.231. The van der Waals surface area contributed by atoms with Gasteiger partial charge < -0.3 is 4.74 Å². The Kier molecular flexibility index (Phi) is 5.92. The van der Waals surface area contributed by atoms with Crippen LogP contribution in [0.5, 0.6) is 5.75 Å². The van der Waals surface area contributed by atoms with Crippen molar-refractivity contribution < 1.29 is 24.1 Å². The minimum absolute atomic E-state index is 0.111. The number of fused-ring (bicyclic) bond motifs is 1. The summed E-state index contributed by atoms with van der Waals surface area (Å²) in [4.78, 5) is 45.1. The summed E-state index contributed by atoms with van der Waals surface area (Å²) in [6.07, 6.45) is -0.184. The molecule has 3 atom stereocenters. The fourth-order valence-electron chi connectivity index (χ4n) is 4.54. The maximum absolute atomic E-state index is 13.6. The molecule has 0 radical (unpaired) electrons. The molecule has 5 rings (SSSR count). The summed E-state index contributed by atoms with van der Waals surface area (Å²) in [6.45, 7) is 2.58. The maximum atomic E-state index is 13.6. The van der Waals surface area contributed by atoms with Gasteiger partial charge in [-0.2, -0.15) is 0 Å². The lowest BCUT2D eigenvalue weighted by Crippen LogP contribution is -2.37. The van der Waals surface area contributed by atoms with Gasteiger partial charge in [-0.25, -0.2) is 9.96 Å². The van der Waals surface area contributed by atoms with E-state index in [1.54, 1.807) is 36.4 Å². The number of carbonyl (C=O) groups excluding carboxylic acids is 2. The first-order chi connectivity index (χ1) is 17.0. The van der Waals surface area contributed by atoms with E-state index in [9.17, 15) is 19.7 Å². The van der Waals surface area contributed by atoms with Gasteiger partial charge in [0.05, 0.1) is 28.9 Å². The van der Waals surface area contributed by atoms with E-state index in [4.69, 9.17) is 9.57 Å². The first-order valence-electron chi connectivity index (χ1n) is 11.4. The van der Waals surface area contributed by atoms with Crippen molar-refractivity contribution in [3.05, 3.63) is 94.5 Å². The number of nitro groups is 1. The Morgan fingerprint density at radius 1 is 0.943 bits per heavy atom. The van der Waals surface area contributed by atoms with Gasteiger partial charge in [-0.15, -0.1) is 0 Å². The third-order valence-electron chi connectivity index (χ3n) is 6.12. The molecule has 0 N–H and O–H groups in total. The molecule has 3 aromatic carbocycles. The lowest BCUT2D eigenvalue weighted by Gasteiger charge is -2.28. The second-order valence-electron chi connectivity index (χ2n) is 8.36. The first-order valence-corrected chi connectivity index (χ1v) is 11.4. The Balaban J connectivity index is 1.50. The van der Waals surface area contributed by atoms with Gasteiger partial charge in [-0.1, -0.05) is 43.3 Å². The molecule has 0 bridgehead atoms. The second kappa shape index (κ2) is 9.19. The topological polar surface area (TPSA) is 102 Å². The molecular weight excluding hydrogens is 450 g/mol. The molecule has 178 valence electrons. The largest absolute Gasteiger partial charge is 0.494 e. The van der Waals surface area contributed by atoms with Crippen LogP contribution < -0.4 is 14.7 Å². The minimum atomic E-state index is -1.05. The smallest absolute Gasteiger partial charge is 0.271 e. The summed E-state index contributed by atoms with van der Waals surface area (Å²) >= 11 is 0. The molecule has 0 aromatic heterocycles. The Bertz CT molecular complexity index is 1260. The molecule has 3 aromatic rings. The predicted molar refractivity (Wildman–Crippen MR) is 128 cm³/mol. The van der Waals surface area contributed by atoms with E-state index in [1.807, 2.05) is 37.3 Å². The SMILES string of the molecule is CCCOc1ccc(N2C(=O)[C@H]3[C@@H](c4ccccc4)N(c4cccc([N+](=O)[O-])c4)O[C@H]3C2=O)cc1. The number of imide groups is 1. The van der Waals surface area contributed by atoms with Crippen molar-refractivity contribution in [1.82, 2.24) is 0 Å². The monoisotopic (exact) mass is 473 g/mol. The lowest BCUT2D eigenvalue weighted by atomic mass is 9.90. The van der Waals surface area contributed by atoms with Crippen molar-refractivity contribution in [2.24, 2.45) is 5.92 Å². The third-order valence-corrected chi connectivity index (χ3v) is 6.12. The number of anilines is 2. The van der Waals surface area contributed by atoms with E-state index in [0.29, 0.717) is 23.7 Å². The minimum Gasteiger partial charge on any atom is -0.494 e. The maximum Gasteiger partial charge on any atom is 0.271 e. The quantitative estimate of drug-likeness (QED) is 0.284. The normalized spacial score (nSPS) is 21.3. The van der Waals surface area contributed by atoms with Gasteiger partial charge in [0.25, 0.3) is 11.6 Å². The van der Waals surface area contributed by atoms with E-state index in [-0.39, 0.29) is 11.6 Å². The van der Waals surface area contributed by atoms with Crippen LogP contribution in [0.2, 0.25) is 0 Å². The number of rotatable bonds is 7. The van der Waals surface area contributed by atoms with Gasteiger partial charge in [0, 0.05) is 12.1 Å². The Labute approximate surface area is 201 Å². The molecule has 2 aliphatic heterocycles. The zero-order valence-corrected chi connectivity index (χ0v) is 18.9. The summed E-state index contributed by atoms with van der Waals surface area (Å²) in [6, 6.07) is 21.3. The number of nitro benzene ring substituents is 1. The first kappa shape index (κ1) is 22.5. The van der Waals surface area contributed by atoms with Gasteiger partial charge in [-0.3, -0.25) is 24.5 Å². The molecule has 2 aliphatic rings.